The number of carbonyl (C=O) groups excluding carboxylic acids is 1. The van der Waals surface area contributed by atoms with Crippen molar-refractivity contribution in [3.05, 3.63) is 96.1 Å². The molecular formula is C41H60O6. The number of carbonyl (C=O) groups is 1. The van der Waals surface area contributed by atoms with E-state index in [1.807, 2.05) is 43.3 Å². The number of benzene rings is 2. The Labute approximate surface area is 284 Å². The first-order chi connectivity index (χ1) is 22.9. The van der Waals surface area contributed by atoms with Gasteiger partial charge < -0.3 is 23.7 Å². The Bertz CT molecular complexity index is 1150. The largest absolute Gasteiger partial charge is 0.379 e. The van der Waals surface area contributed by atoms with Crippen molar-refractivity contribution in [2.75, 3.05) is 33.2 Å². The maximum Gasteiger partial charge on any atom is 0.147 e. The molecule has 2 aromatic rings. The molecule has 4 atom stereocenters. The summed E-state index contributed by atoms with van der Waals surface area (Å²) < 4.78 is 29.9. The number of Topliss-reactive ketones (excluding diaryl/α,β-unsaturated/α-hetero) is 1. The number of rotatable bonds is 25. The molecule has 0 unspecified atom stereocenters. The smallest absolute Gasteiger partial charge is 0.147 e. The van der Waals surface area contributed by atoms with Gasteiger partial charge in [0.15, 0.2) is 0 Å². The number of hydrogen-bond donors (Lipinski definition) is 0. The number of allylic oxidation sites excluding steroid dienone is 2. The molecule has 47 heavy (non-hydrogen) atoms. The van der Waals surface area contributed by atoms with Gasteiger partial charge in [-0.05, 0) is 64.0 Å². The van der Waals surface area contributed by atoms with Crippen LogP contribution >= 0.6 is 0 Å². The van der Waals surface area contributed by atoms with E-state index in [4.69, 9.17) is 23.7 Å². The fraction of sp³-hybridized carbons (Fsp3) is 0.585. The summed E-state index contributed by atoms with van der Waals surface area (Å²) in [5.41, 5.74) is 1.72. The molecule has 0 aromatic heterocycles. The molecule has 0 N–H and O–H groups in total. The highest BCUT2D eigenvalue weighted by Gasteiger charge is 2.43. The van der Waals surface area contributed by atoms with E-state index >= 15 is 0 Å². The molecular weight excluding hydrogens is 588 g/mol. The fourth-order valence-corrected chi connectivity index (χ4v) is 6.06. The van der Waals surface area contributed by atoms with Gasteiger partial charge in [-0.1, -0.05) is 111 Å². The van der Waals surface area contributed by atoms with Crippen LogP contribution in [0, 0.1) is 11.8 Å². The zero-order valence-electron chi connectivity index (χ0n) is 29.4. The molecule has 0 amide bonds. The Morgan fingerprint density at radius 1 is 0.851 bits per heavy atom. The molecule has 0 heterocycles. The van der Waals surface area contributed by atoms with Crippen molar-refractivity contribution >= 4 is 5.78 Å². The Morgan fingerprint density at radius 3 is 2.34 bits per heavy atom. The summed E-state index contributed by atoms with van der Waals surface area (Å²) in [4.78, 5) is 13.5. The van der Waals surface area contributed by atoms with Crippen LogP contribution < -0.4 is 0 Å². The van der Waals surface area contributed by atoms with Gasteiger partial charge in [-0.2, -0.15) is 0 Å². The minimum absolute atomic E-state index is 0.0311. The molecule has 1 aliphatic rings. The summed E-state index contributed by atoms with van der Waals surface area (Å²) >= 11 is 0. The molecule has 2 aromatic carbocycles. The second-order valence-corrected chi connectivity index (χ2v) is 12.9. The minimum Gasteiger partial charge on any atom is -0.379 e. The van der Waals surface area contributed by atoms with E-state index in [0.29, 0.717) is 32.7 Å². The molecule has 6 nitrogen and oxygen atoms in total. The van der Waals surface area contributed by atoms with Crippen LogP contribution in [0.25, 0.3) is 0 Å². The normalized spacial score (nSPS) is 19.3. The summed E-state index contributed by atoms with van der Waals surface area (Å²) in [5, 5.41) is 0. The standard InChI is InChI=1S/C41H60O6/c1-5-7-13-24-36(46-33-45-32-34-20-14-11-15-21-34)26-27-38-37(25-18-9-8-10-19-28-44-30-29-43-6-2)39(42)31-40(38)47-41(3,4)35-22-16-12-17-23-35/h9,11-12,14-18,20-23,26-27,36-38,40H,5-8,10,13,19,24-25,28-33H2,1-4H3/b18-9-,27-26+/t36-,37-,38-,40+/m1/s1. The van der Waals surface area contributed by atoms with Crippen LogP contribution in [0.3, 0.4) is 0 Å². The van der Waals surface area contributed by atoms with Gasteiger partial charge in [-0.25, -0.2) is 0 Å². The molecule has 0 bridgehead atoms. The maximum atomic E-state index is 13.5. The van der Waals surface area contributed by atoms with Crippen molar-refractivity contribution in [1.82, 2.24) is 0 Å². The lowest BCUT2D eigenvalue weighted by molar-refractivity contribution is -0.122. The first kappa shape index (κ1) is 38.8. The van der Waals surface area contributed by atoms with Crippen molar-refractivity contribution in [2.45, 2.75) is 110 Å². The molecule has 1 fully saturated rings. The van der Waals surface area contributed by atoms with Crippen LogP contribution in [0.4, 0.5) is 0 Å². The summed E-state index contributed by atoms with van der Waals surface area (Å²) in [5.74, 6) is 0.124. The second kappa shape index (κ2) is 22.9. The summed E-state index contributed by atoms with van der Waals surface area (Å²) in [6.45, 7) is 11.9. The van der Waals surface area contributed by atoms with Crippen molar-refractivity contribution in [1.29, 1.82) is 0 Å². The molecule has 0 radical (unpaired) electrons. The van der Waals surface area contributed by atoms with Crippen LogP contribution in [0.1, 0.15) is 96.6 Å². The average molecular weight is 649 g/mol. The summed E-state index contributed by atoms with van der Waals surface area (Å²) in [6, 6.07) is 20.4. The number of ketones is 1. The van der Waals surface area contributed by atoms with E-state index in [2.05, 4.69) is 69.3 Å². The molecule has 260 valence electrons. The van der Waals surface area contributed by atoms with Crippen molar-refractivity contribution in [2.24, 2.45) is 11.8 Å². The number of hydrogen-bond acceptors (Lipinski definition) is 6. The van der Waals surface area contributed by atoms with Gasteiger partial charge in [0.1, 0.15) is 12.6 Å². The third-order valence-corrected chi connectivity index (χ3v) is 8.78. The molecule has 6 heteroatoms. The molecule has 0 aliphatic heterocycles. The number of unbranched alkanes of at least 4 members (excludes halogenated alkanes) is 4. The quantitative estimate of drug-likeness (QED) is 0.0607. The Hall–Kier alpha value is -2.61. The highest BCUT2D eigenvalue weighted by atomic mass is 16.7. The lowest BCUT2D eigenvalue weighted by atomic mass is 9.89. The first-order valence-electron chi connectivity index (χ1n) is 17.9. The van der Waals surface area contributed by atoms with Crippen LogP contribution in [-0.2, 0) is 40.7 Å². The van der Waals surface area contributed by atoms with Crippen LogP contribution in [-0.4, -0.2) is 51.2 Å². The second-order valence-electron chi connectivity index (χ2n) is 12.9. The van der Waals surface area contributed by atoms with Gasteiger partial charge in [-0.15, -0.1) is 0 Å². The van der Waals surface area contributed by atoms with Gasteiger partial charge in [0.25, 0.3) is 0 Å². The lowest BCUT2D eigenvalue weighted by Gasteiger charge is -2.32. The monoisotopic (exact) mass is 648 g/mol. The zero-order valence-corrected chi connectivity index (χ0v) is 29.4. The maximum absolute atomic E-state index is 13.5. The molecule has 3 rings (SSSR count). The molecule has 0 spiro atoms. The third kappa shape index (κ3) is 15.0. The van der Waals surface area contributed by atoms with Crippen LogP contribution in [0.5, 0.6) is 0 Å². The first-order valence-corrected chi connectivity index (χ1v) is 17.9. The Kier molecular flexibility index (Phi) is 18.9. The van der Waals surface area contributed by atoms with Gasteiger partial charge in [0.05, 0.1) is 37.6 Å². The van der Waals surface area contributed by atoms with E-state index in [9.17, 15) is 4.79 Å². The van der Waals surface area contributed by atoms with E-state index in [1.165, 1.54) is 0 Å². The topological polar surface area (TPSA) is 63.2 Å². The third-order valence-electron chi connectivity index (χ3n) is 8.78. The number of ether oxygens (including phenoxy) is 5. The fourth-order valence-electron chi connectivity index (χ4n) is 6.06. The van der Waals surface area contributed by atoms with Crippen molar-refractivity contribution < 1.29 is 28.5 Å². The predicted molar refractivity (Wildman–Crippen MR) is 190 cm³/mol. The molecule has 1 saturated carbocycles. The van der Waals surface area contributed by atoms with Crippen LogP contribution in [0.2, 0.25) is 0 Å². The van der Waals surface area contributed by atoms with Crippen molar-refractivity contribution in [3.63, 3.8) is 0 Å². The summed E-state index contributed by atoms with van der Waals surface area (Å²) in [6.07, 6.45) is 17.0. The lowest BCUT2D eigenvalue weighted by Crippen LogP contribution is -2.31. The molecule has 1 aliphatic carbocycles. The minimum atomic E-state index is -0.518. The molecule has 0 saturated heterocycles. The van der Waals surface area contributed by atoms with Crippen molar-refractivity contribution in [3.8, 4) is 0 Å². The van der Waals surface area contributed by atoms with Gasteiger partial charge in [0.2, 0.25) is 0 Å². The van der Waals surface area contributed by atoms with E-state index < -0.39 is 5.60 Å². The highest BCUT2D eigenvalue weighted by Crippen LogP contribution is 2.39. The predicted octanol–water partition coefficient (Wildman–Crippen LogP) is 9.38. The van der Waals surface area contributed by atoms with E-state index in [0.717, 1.165) is 69.3 Å². The van der Waals surface area contributed by atoms with Crippen LogP contribution in [0.15, 0.2) is 85.0 Å². The average Bonchev–Trinajstić information content (AvgIpc) is 3.37. The van der Waals surface area contributed by atoms with E-state index in [1.54, 1.807) is 0 Å². The Morgan fingerprint density at radius 2 is 1.60 bits per heavy atom. The zero-order chi connectivity index (χ0) is 33.6. The summed E-state index contributed by atoms with van der Waals surface area (Å²) in [7, 11) is 0. The Balaban J connectivity index is 1.64. The van der Waals surface area contributed by atoms with Gasteiger partial charge in [0, 0.05) is 31.5 Å². The van der Waals surface area contributed by atoms with E-state index in [-0.39, 0.29) is 36.6 Å². The SMILES string of the molecule is CCCCC[C@H](/C=C/[C@H]1[C@@H](OC(C)(C)c2ccccc2)CC(=O)[C@@H]1C/C=C\CCCCOCCOCC)OCOCc1ccccc1. The van der Waals surface area contributed by atoms with Gasteiger partial charge >= 0.3 is 0 Å². The van der Waals surface area contributed by atoms with Gasteiger partial charge in [-0.3, -0.25) is 4.79 Å². The highest BCUT2D eigenvalue weighted by molar-refractivity contribution is 5.85.